The van der Waals surface area contributed by atoms with E-state index in [1.165, 1.54) is 54.9 Å². The van der Waals surface area contributed by atoms with Crippen molar-refractivity contribution in [2.75, 3.05) is 0 Å². The molecule has 0 unspecified atom stereocenters. The number of benzene rings is 4. The van der Waals surface area contributed by atoms with Gasteiger partial charge in [-0.05, 0) is 24.0 Å². The van der Waals surface area contributed by atoms with Crippen molar-refractivity contribution < 1.29 is 18.6 Å². The third kappa shape index (κ3) is 8.45. The van der Waals surface area contributed by atoms with Crippen LogP contribution in [-0.2, 0) is 31.4 Å². The Morgan fingerprint density at radius 1 is 0.525 bits per heavy atom. The molecule has 0 aliphatic rings. The van der Waals surface area contributed by atoms with E-state index < -0.39 is 0 Å². The van der Waals surface area contributed by atoms with Crippen molar-refractivity contribution >= 4 is 31.1 Å². The predicted octanol–water partition coefficient (Wildman–Crippen LogP) is 11.3. The monoisotopic (exact) mass is 577 g/mol. The molecule has 0 saturated carbocycles. The molecule has 0 bridgehead atoms. The Labute approximate surface area is 257 Å². The van der Waals surface area contributed by atoms with E-state index in [0.29, 0.717) is 0 Å². The van der Waals surface area contributed by atoms with Gasteiger partial charge in [0.15, 0.2) is 0 Å². The fourth-order valence-corrected chi connectivity index (χ4v) is 4.74. The number of hydrogen-bond donors (Lipinski definition) is 0. The standard InChI is InChI=1S/2C17H15.C2H6Si.2CH3.V/c2*1-2-13-11-15-9-6-10-16(17(15)12-13)14-7-4-3-5-8-14;1-3-2;;;/h2*3-12H,2H2,1H3;1-2H3;2*1H3;/q2*-1;;2*-1;+4. The van der Waals surface area contributed by atoms with E-state index in [-0.39, 0.29) is 33.4 Å². The van der Waals surface area contributed by atoms with Gasteiger partial charge in [-0.25, -0.2) is 0 Å². The molecule has 3 radical (unpaired) electrons. The molecule has 2 heteroatoms. The van der Waals surface area contributed by atoms with Gasteiger partial charge < -0.3 is 14.9 Å². The van der Waals surface area contributed by atoms with Crippen molar-refractivity contribution in [2.24, 2.45) is 0 Å². The van der Waals surface area contributed by atoms with Gasteiger partial charge in [-0.2, -0.15) is 12.1 Å². The molecule has 6 rings (SSSR count). The fraction of sp³-hybridized carbons (Fsp3) is 0.158. The second-order valence-corrected chi connectivity index (χ2v) is 10.3. The SMILES string of the molecule is CCc1cc2c(-c3ccccc3)cccc2[cH-]1.CCc1cc2c(-c3ccccc3)cccc2[cH-]1.C[Si]C.[CH3-].[CH3-].[V+4]. The topological polar surface area (TPSA) is 0 Å². The van der Waals surface area contributed by atoms with E-state index in [0.717, 1.165) is 22.4 Å². The molecule has 0 aliphatic carbocycles. The van der Waals surface area contributed by atoms with E-state index in [4.69, 9.17) is 0 Å². The second kappa shape index (κ2) is 17.6. The van der Waals surface area contributed by atoms with E-state index in [9.17, 15) is 0 Å². The maximum atomic E-state index is 2.32. The van der Waals surface area contributed by atoms with Gasteiger partial charge in [0, 0.05) is 9.52 Å². The summed E-state index contributed by atoms with van der Waals surface area (Å²) in [5.41, 5.74) is 8.11. The van der Waals surface area contributed by atoms with Gasteiger partial charge in [0.1, 0.15) is 0 Å². The molecule has 6 aromatic rings. The first-order chi connectivity index (χ1) is 18.2. The molecule has 0 saturated heterocycles. The van der Waals surface area contributed by atoms with E-state index in [1.54, 1.807) is 0 Å². The molecule has 0 N–H and O–H groups in total. The van der Waals surface area contributed by atoms with Gasteiger partial charge in [-0.3, -0.25) is 0 Å². The van der Waals surface area contributed by atoms with Crippen molar-refractivity contribution in [3.05, 3.63) is 147 Å². The van der Waals surface area contributed by atoms with Crippen LogP contribution < -0.4 is 0 Å². The van der Waals surface area contributed by atoms with E-state index >= 15 is 0 Å². The maximum absolute atomic E-state index is 2.32. The van der Waals surface area contributed by atoms with Crippen LogP contribution in [0.2, 0.25) is 13.1 Å². The van der Waals surface area contributed by atoms with Crippen LogP contribution in [0.25, 0.3) is 43.8 Å². The van der Waals surface area contributed by atoms with Crippen LogP contribution in [0.5, 0.6) is 0 Å². The van der Waals surface area contributed by atoms with E-state index in [1.807, 2.05) is 0 Å². The van der Waals surface area contributed by atoms with Crippen LogP contribution in [-0.4, -0.2) is 9.52 Å². The molecule has 40 heavy (non-hydrogen) atoms. The molecule has 0 fully saturated rings. The summed E-state index contributed by atoms with van der Waals surface area (Å²) >= 11 is 0. The smallest absolute Gasteiger partial charge is 0.358 e. The normalized spacial score (nSPS) is 9.70. The minimum absolute atomic E-state index is 0. The van der Waals surface area contributed by atoms with Gasteiger partial charge in [0.25, 0.3) is 0 Å². The maximum Gasteiger partial charge on any atom is 4.00 e. The largest absolute Gasteiger partial charge is 4.00 e. The molecule has 0 heterocycles. The summed E-state index contributed by atoms with van der Waals surface area (Å²) in [4.78, 5) is 0. The van der Waals surface area contributed by atoms with Crippen LogP contribution in [0, 0.1) is 14.9 Å². The minimum atomic E-state index is 0. The van der Waals surface area contributed by atoms with Crippen molar-refractivity contribution in [3.63, 3.8) is 0 Å². The van der Waals surface area contributed by atoms with Crippen LogP contribution in [0.4, 0.5) is 0 Å². The molecule has 0 spiro atoms. The third-order valence-corrected chi connectivity index (χ3v) is 6.61. The first-order valence-corrected chi connectivity index (χ1v) is 15.2. The van der Waals surface area contributed by atoms with Gasteiger partial charge in [0.2, 0.25) is 0 Å². The van der Waals surface area contributed by atoms with Crippen LogP contribution in [0.15, 0.2) is 121 Å². The van der Waals surface area contributed by atoms with Gasteiger partial charge in [0.05, 0.1) is 0 Å². The van der Waals surface area contributed by atoms with Crippen molar-refractivity contribution in [3.8, 4) is 22.3 Å². The third-order valence-electron chi connectivity index (χ3n) is 6.61. The minimum Gasteiger partial charge on any atom is -0.358 e. The molecule has 203 valence electrons. The zero-order valence-corrected chi connectivity index (χ0v) is 27.3. The molecular formula is C38H42SiV. The van der Waals surface area contributed by atoms with E-state index in [2.05, 4.69) is 148 Å². The van der Waals surface area contributed by atoms with Gasteiger partial charge >= 0.3 is 18.6 Å². The zero-order chi connectivity index (χ0) is 26.0. The Morgan fingerprint density at radius 3 is 1.20 bits per heavy atom. The Morgan fingerprint density at radius 2 is 0.875 bits per heavy atom. The van der Waals surface area contributed by atoms with Crippen molar-refractivity contribution in [1.82, 2.24) is 0 Å². The molecular weight excluding hydrogens is 535 g/mol. The Hall–Kier alpha value is -3.10. The quantitative estimate of drug-likeness (QED) is 0.144. The molecule has 0 aliphatic heterocycles. The average Bonchev–Trinajstić information content (AvgIpc) is 3.58. The first kappa shape index (κ1) is 34.9. The van der Waals surface area contributed by atoms with Crippen molar-refractivity contribution in [1.29, 1.82) is 0 Å². The number of rotatable bonds is 4. The second-order valence-electron chi connectivity index (χ2n) is 9.28. The summed E-state index contributed by atoms with van der Waals surface area (Å²) in [5, 5.41) is 5.44. The molecule has 0 amide bonds. The zero-order valence-electron chi connectivity index (χ0n) is 24.9. The molecule has 6 aromatic carbocycles. The van der Waals surface area contributed by atoms with Crippen LogP contribution >= 0.6 is 0 Å². The fourth-order valence-electron chi connectivity index (χ4n) is 4.74. The summed E-state index contributed by atoms with van der Waals surface area (Å²) in [7, 11) is 1.08. The van der Waals surface area contributed by atoms with Gasteiger partial charge in [-0.1, -0.05) is 111 Å². The van der Waals surface area contributed by atoms with Crippen molar-refractivity contribution in [2.45, 2.75) is 39.8 Å². The van der Waals surface area contributed by atoms with Crippen LogP contribution in [0.3, 0.4) is 0 Å². The predicted molar refractivity (Wildman–Crippen MR) is 179 cm³/mol. The number of fused-ring (bicyclic) bond motifs is 2. The number of hydrogen-bond acceptors (Lipinski definition) is 0. The summed E-state index contributed by atoms with van der Waals surface area (Å²) in [6.45, 7) is 8.72. The molecule has 0 aromatic heterocycles. The Kier molecular flexibility index (Phi) is 15.3. The summed E-state index contributed by atoms with van der Waals surface area (Å²) in [6, 6.07) is 43.5. The van der Waals surface area contributed by atoms with Crippen LogP contribution in [0.1, 0.15) is 25.0 Å². The first-order valence-electron chi connectivity index (χ1n) is 13.2. The molecule has 0 nitrogen and oxygen atoms in total. The summed E-state index contributed by atoms with van der Waals surface area (Å²) < 4.78 is 0. The Balaban J connectivity index is 0.000000341. The Bertz CT molecular complexity index is 1410. The average molecular weight is 578 g/mol. The molecule has 0 atom stereocenters. The summed E-state index contributed by atoms with van der Waals surface area (Å²) in [6.07, 6.45) is 2.20. The number of aryl methyl sites for hydroxylation is 2. The summed E-state index contributed by atoms with van der Waals surface area (Å²) in [5.74, 6) is 0. The van der Waals surface area contributed by atoms with Gasteiger partial charge in [-0.15, -0.1) is 69.1 Å².